The molecule has 1 aromatic heterocycles. The first kappa shape index (κ1) is 10.9. The summed E-state index contributed by atoms with van der Waals surface area (Å²) >= 11 is 0. The van der Waals surface area contributed by atoms with Gasteiger partial charge in [0, 0.05) is 11.8 Å². The molecule has 0 N–H and O–H groups in total. The maximum Gasteiger partial charge on any atom is 0.0707 e. The van der Waals surface area contributed by atoms with Crippen LogP contribution in [0.1, 0.15) is 23.6 Å². The highest BCUT2D eigenvalue weighted by molar-refractivity contribution is 5.64. The van der Waals surface area contributed by atoms with Crippen LogP contribution in [0.5, 0.6) is 0 Å². The second kappa shape index (κ2) is 4.48. The Bertz CT molecular complexity index is 501. The molecule has 0 saturated heterocycles. The predicted molar refractivity (Wildman–Crippen MR) is 68.5 cm³/mol. The van der Waals surface area contributed by atoms with Crippen molar-refractivity contribution >= 4 is 0 Å². The summed E-state index contributed by atoms with van der Waals surface area (Å²) in [5.41, 5.74) is 6.24. The van der Waals surface area contributed by atoms with Gasteiger partial charge in [-0.15, -0.1) is 0 Å². The molecule has 1 heterocycles. The standard InChI is InChI=1S/C15H17N/c1-4-13-10-16-15(9-12(13)3)14-8-6-5-7-11(14)2/h5-10H,4H2,1-3H3. The van der Waals surface area contributed by atoms with Crippen LogP contribution in [-0.4, -0.2) is 4.98 Å². The fourth-order valence-electron chi connectivity index (χ4n) is 1.96. The quantitative estimate of drug-likeness (QED) is 0.733. The normalized spacial score (nSPS) is 10.4. The van der Waals surface area contributed by atoms with Crippen LogP contribution < -0.4 is 0 Å². The maximum absolute atomic E-state index is 4.54. The molecule has 0 bridgehead atoms. The monoisotopic (exact) mass is 211 g/mol. The van der Waals surface area contributed by atoms with Crippen LogP contribution in [0.3, 0.4) is 0 Å². The molecule has 0 fully saturated rings. The minimum absolute atomic E-state index is 1.05. The molecule has 0 spiro atoms. The Balaban J connectivity index is 2.50. The second-order valence-corrected chi connectivity index (χ2v) is 4.16. The van der Waals surface area contributed by atoms with Gasteiger partial charge in [0.25, 0.3) is 0 Å². The lowest BCUT2D eigenvalue weighted by atomic mass is 10.0. The Hall–Kier alpha value is -1.63. The average Bonchev–Trinajstić information content (AvgIpc) is 2.29. The first-order chi connectivity index (χ1) is 7.72. The first-order valence-electron chi connectivity index (χ1n) is 5.74. The lowest BCUT2D eigenvalue weighted by Crippen LogP contribution is -1.92. The zero-order chi connectivity index (χ0) is 11.5. The number of aromatic nitrogens is 1. The minimum atomic E-state index is 1.05. The van der Waals surface area contributed by atoms with Crippen molar-refractivity contribution in [3.8, 4) is 11.3 Å². The van der Waals surface area contributed by atoms with Crippen LogP contribution in [0.25, 0.3) is 11.3 Å². The van der Waals surface area contributed by atoms with E-state index >= 15 is 0 Å². The number of pyridine rings is 1. The van der Waals surface area contributed by atoms with Crippen molar-refractivity contribution < 1.29 is 0 Å². The zero-order valence-corrected chi connectivity index (χ0v) is 10.1. The van der Waals surface area contributed by atoms with Crippen molar-refractivity contribution in [3.05, 3.63) is 53.2 Å². The number of benzene rings is 1. The van der Waals surface area contributed by atoms with E-state index in [1.54, 1.807) is 0 Å². The highest BCUT2D eigenvalue weighted by Gasteiger charge is 2.04. The van der Waals surface area contributed by atoms with Crippen LogP contribution in [0.2, 0.25) is 0 Å². The van der Waals surface area contributed by atoms with Gasteiger partial charge >= 0.3 is 0 Å². The van der Waals surface area contributed by atoms with Crippen molar-refractivity contribution in [2.24, 2.45) is 0 Å². The summed E-state index contributed by atoms with van der Waals surface area (Å²) in [6.45, 7) is 6.44. The van der Waals surface area contributed by atoms with E-state index in [0.717, 1.165) is 12.1 Å². The number of aryl methyl sites for hydroxylation is 3. The summed E-state index contributed by atoms with van der Waals surface area (Å²) < 4.78 is 0. The Labute approximate surface area is 97.2 Å². The number of rotatable bonds is 2. The Morgan fingerprint density at radius 1 is 1.06 bits per heavy atom. The SMILES string of the molecule is CCc1cnc(-c2ccccc2C)cc1C. The summed E-state index contributed by atoms with van der Waals surface area (Å²) in [7, 11) is 0. The number of nitrogens with zero attached hydrogens (tertiary/aromatic N) is 1. The Morgan fingerprint density at radius 3 is 2.44 bits per heavy atom. The average molecular weight is 211 g/mol. The van der Waals surface area contributed by atoms with E-state index in [-0.39, 0.29) is 0 Å². The number of hydrogen-bond acceptors (Lipinski definition) is 1. The molecule has 2 aromatic rings. The molecule has 1 heteroatoms. The molecule has 1 nitrogen and oxygen atoms in total. The van der Waals surface area contributed by atoms with E-state index in [1.165, 1.54) is 22.3 Å². The molecule has 0 saturated carbocycles. The molecule has 1 aromatic carbocycles. The van der Waals surface area contributed by atoms with Gasteiger partial charge in [-0.2, -0.15) is 0 Å². The molecule has 0 aliphatic rings. The van der Waals surface area contributed by atoms with Crippen molar-refractivity contribution in [2.75, 3.05) is 0 Å². The molecule has 82 valence electrons. The summed E-state index contributed by atoms with van der Waals surface area (Å²) in [5, 5.41) is 0. The van der Waals surface area contributed by atoms with Crippen LogP contribution in [0.4, 0.5) is 0 Å². The molecule has 0 aliphatic carbocycles. The summed E-state index contributed by atoms with van der Waals surface area (Å²) in [4.78, 5) is 4.54. The van der Waals surface area contributed by atoms with Crippen LogP contribution in [-0.2, 0) is 6.42 Å². The van der Waals surface area contributed by atoms with Crippen LogP contribution in [0, 0.1) is 13.8 Å². The fourth-order valence-corrected chi connectivity index (χ4v) is 1.96. The van der Waals surface area contributed by atoms with E-state index < -0.39 is 0 Å². The summed E-state index contributed by atoms with van der Waals surface area (Å²) in [5.74, 6) is 0. The molecule has 16 heavy (non-hydrogen) atoms. The molecule has 0 aliphatic heterocycles. The highest BCUT2D eigenvalue weighted by atomic mass is 14.7. The van der Waals surface area contributed by atoms with Gasteiger partial charge in [-0.25, -0.2) is 0 Å². The Kier molecular flexibility index (Phi) is 3.04. The molecule has 0 radical (unpaired) electrons. The number of hydrogen-bond donors (Lipinski definition) is 0. The highest BCUT2D eigenvalue weighted by Crippen LogP contribution is 2.22. The summed E-state index contributed by atoms with van der Waals surface area (Å²) in [6, 6.07) is 10.6. The van der Waals surface area contributed by atoms with Gasteiger partial charge in [0.2, 0.25) is 0 Å². The topological polar surface area (TPSA) is 12.9 Å². The van der Waals surface area contributed by atoms with Gasteiger partial charge in [0.05, 0.1) is 5.69 Å². The minimum Gasteiger partial charge on any atom is -0.256 e. The van der Waals surface area contributed by atoms with E-state index in [9.17, 15) is 0 Å². The second-order valence-electron chi connectivity index (χ2n) is 4.16. The Morgan fingerprint density at radius 2 is 1.81 bits per heavy atom. The molecule has 0 atom stereocenters. The van der Waals surface area contributed by atoms with Gasteiger partial charge in [-0.3, -0.25) is 4.98 Å². The van der Waals surface area contributed by atoms with Crippen LogP contribution >= 0.6 is 0 Å². The van der Waals surface area contributed by atoms with Gasteiger partial charge in [-0.1, -0.05) is 31.2 Å². The predicted octanol–water partition coefficient (Wildman–Crippen LogP) is 3.93. The van der Waals surface area contributed by atoms with Gasteiger partial charge in [0.15, 0.2) is 0 Å². The van der Waals surface area contributed by atoms with Crippen molar-refractivity contribution in [3.63, 3.8) is 0 Å². The van der Waals surface area contributed by atoms with Crippen molar-refractivity contribution in [1.82, 2.24) is 4.98 Å². The van der Waals surface area contributed by atoms with Crippen molar-refractivity contribution in [2.45, 2.75) is 27.2 Å². The third kappa shape index (κ3) is 1.99. The first-order valence-corrected chi connectivity index (χ1v) is 5.74. The van der Waals surface area contributed by atoms with E-state index in [2.05, 4.69) is 56.1 Å². The van der Waals surface area contributed by atoms with E-state index in [1.807, 2.05) is 6.20 Å². The molecular formula is C15H17N. The molecule has 0 amide bonds. The lowest BCUT2D eigenvalue weighted by Gasteiger charge is -2.08. The van der Waals surface area contributed by atoms with Gasteiger partial charge < -0.3 is 0 Å². The van der Waals surface area contributed by atoms with E-state index in [0.29, 0.717) is 0 Å². The van der Waals surface area contributed by atoms with Gasteiger partial charge in [-0.05, 0) is 43.0 Å². The van der Waals surface area contributed by atoms with Gasteiger partial charge in [0.1, 0.15) is 0 Å². The largest absolute Gasteiger partial charge is 0.256 e. The lowest BCUT2D eigenvalue weighted by molar-refractivity contribution is 1.07. The fraction of sp³-hybridized carbons (Fsp3) is 0.267. The molecule has 2 rings (SSSR count). The van der Waals surface area contributed by atoms with E-state index in [4.69, 9.17) is 0 Å². The maximum atomic E-state index is 4.54. The molecular weight excluding hydrogens is 194 g/mol. The van der Waals surface area contributed by atoms with Crippen LogP contribution in [0.15, 0.2) is 36.5 Å². The zero-order valence-electron chi connectivity index (χ0n) is 10.1. The molecule has 0 unspecified atom stereocenters. The third-order valence-corrected chi connectivity index (χ3v) is 3.02. The summed E-state index contributed by atoms with van der Waals surface area (Å²) in [6.07, 6.45) is 3.05. The smallest absolute Gasteiger partial charge is 0.0707 e. The third-order valence-electron chi connectivity index (χ3n) is 3.02. The van der Waals surface area contributed by atoms with Crippen molar-refractivity contribution in [1.29, 1.82) is 0 Å².